The van der Waals surface area contributed by atoms with Crippen molar-refractivity contribution >= 4 is 32.4 Å². The fourth-order valence-corrected chi connectivity index (χ4v) is 4.55. The van der Waals surface area contributed by atoms with Crippen LogP contribution in [0.5, 0.6) is 0 Å². The molecule has 2 bridgehead atoms. The van der Waals surface area contributed by atoms with Gasteiger partial charge in [0, 0.05) is 22.7 Å². The van der Waals surface area contributed by atoms with Crippen LogP contribution in [0.2, 0.25) is 0 Å². The molecule has 23 heavy (non-hydrogen) atoms. The Bertz CT molecular complexity index is 893. The minimum absolute atomic E-state index is 0.278. The van der Waals surface area contributed by atoms with Crippen LogP contribution in [0.3, 0.4) is 0 Å². The van der Waals surface area contributed by atoms with E-state index in [0.29, 0.717) is 6.04 Å². The van der Waals surface area contributed by atoms with Crippen molar-refractivity contribution in [1.29, 1.82) is 0 Å². The second kappa shape index (κ2) is 5.08. The average molecular weight is 366 g/mol. The van der Waals surface area contributed by atoms with Crippen molar-refractivity contribution in [2.24, 2.45) is 0 Å². The molecule has 2 aliphatic rings. The Morgan fingerprint density at radius 3 is 2.52 bits per heavy atom. The third-order valence-corrected chi connectivity index (χ3v) is 5.58. The number of benzene rings is 3. The Hall–Kier alpha value is -1.84. The molecular weight excluding hydrogens is 350 g/mol. The van der Waals surface area contributed by atoms with Crippen LogP contribution in [0.4, 0.5) is 5.69 Å². The van der Waals surface area contributed by atoms with E-state index in [-0.39, 0.29) is 6.10 Å². The van der Waals surface area contributed by atoms with Gasteiger partial charge < -0.3 is 0 Å². The van der Waals surface area contributed by atoms with E-state index in [1.165, 1.54) is 32.1 Å². The summed E-state index contributed by atoms with van der Waals surface area (Å²) in [6.07, 6.45) is 2.31. The van der Waals surface area contributed by atoms with Gasteiger partial charge in [0.15, 0.2) is 0 Å². The fourth-order valence-electron chi connectivity index (χ4n) is 3.93. The first-order valence-electron chi connectivity index (χ1n) is 8.02. The summed E-state index contributed by atoms with van der Waals surface area (Å²) in [5.41, 5.74) is 3.95. The highest BCUT2D eigenvalue weighted by Gasteiger charge is 2.41. The Labute approximate surface area is 143 Å². The topological polar surface area (TPSA) is 12.5 Å². The van der Waals surface area contributed by atoms with E-state index in [2.05, 4.69) is 81.7 Å². The molecule has 0 saturated carbocycles. The van der Waals surface area contributed by atoms with Gasteiger partial charge in [-0.3, -0.25) is 4.84 Å². The van der Waals surface area contributed by atoms with E-state index in [1.54, 1.807) is 0 Å². The second-order valence-corrected chi connectivity index (χ2v) is 7.19. The van der Waals surface area contributed by atoms with Crippen LogP contribution in [-0.4, -0.2) is 6.10 Å². The van der Waals surface area contributed by atoms with Crippen molar-refractivity contribution in [3.63, 3.8) is 0 Å². The molecule has 2 atom stereocenters. The normalized spacial score (nSPS) is 22.4. The molecule has 2 heterocycles. The van der Waals surface area contributed by atoms with Crippen LogP contribution in [0.1, 0.15) is 23.6 Å². The zero-order valence-electron chi connectivity index (χ0n) is 12.6. The minimum atomic E-state index is 0.278. The number of fused-ring (bicyclic) bond motifs is 6. The molecule has 0 unspecified atom stereocenters. The summed E-state index contributed by atoms with van der Waals surface area (Å²) in [4.78, 5) is 6.26. The lowest BCUT2D eigenvalue weighted by atomic mass is 9.99. The largest absolute Gasteiger partial charge is 0.269 e. The highest BCUT2D eigenvalue weighted by atomic mass is 79.9. The molecule has 0 aromatic heterocycles. The first-order chi connectivity index (χ1) is 11.3. The summed E-state index contributed by atoms with van der Waals surface area (Å²) in [5, 5.41) is 4.67. The molecule has 5 rings (SSSR count). The first-order valence-corrected chi connectivity index (χ1v) is 8.81. The molecule has 0 radical (unpaired) electrons. The van der Waals surface area contributed by atoms with Gasteiger partial charge in [-0.25, -0.2) is 5.06 Å². The summed E-state index contributed by atoms with van der Waals surface area (Å²) < 4.78 is 1.17. The molecule has 1 fully saturated rings. The van der Waals surface area contributed by atoms with Gasteiger partial charge in [0.25, 0.3) is 0 Å². The molecule has 2 nitrogen and oxygen atoms in total. The van der Waals surface area contributed by atoms with E-state index in [0.717, 1.165) is 12.8 Å². The molecule has 0 aliphatic carbocycles. The molecule has 0 amide bonds. The van der Waals surface area contributed by atoms with Crippen molar-refractivity contribution < 1.29 is 4.84 Å². The fraction of sp³-hybridized carbons (Fsp3) is 0.200. The Kier molecular flexibility index (Phi) is 3.00. The SMILES string of the molecule is Brc1cc2c(c3ccccc13)N1O[C@@H](C2)C[C@H]1c1ccccc1. The Morgan fingerprint density at radius 1 is 0.957 bits per heavy atom. The Balaban J connectivity index is 1.73. The summed E-state index contributed by atoms with van der Waals surface area (Å²) in [6, 6.07) is 21.8. The van der Waals surface area contributed by atoms with Gasteiger partial charge in [-0.2, -0.15) is 0 Å². The number of halogens is 1. The van der Waals surface area contributed by atoms with Crippen molar-refractivity contribution in [2.75, 3.05) is 5.06 Å². The summed E-state index contributed by atoms with van der Waals surface area (Å²) >= 11 is 3.74. The van der Waals surface area contributed by atoms with Gasteiger partial charge in [0.05, 0.1) is 17.8 Å². The maximum absolute atomic E-state index is 6.26. The molecule has 0 spiro atoms. The number of hydrogen-bond acceptors (Lipinski definition) is 2. The molecule has 2 aliphatic heterocycles. The number of anilines is 1. The lowest BCUT2D eigenvalue weighted by molar-refractivity contribution is 0.0741. The maximum atomic E-state index is 6.26. The van der Waals surface area contributed by atoms with Crippen molar-refractivity contribution in [3.05, 3.63) is 76.3 Å². The first kappa shape index (κ1) is 13.6. The van der Waals surface area contributed by atoms with Crippen molar-refractivity contribution in [3.8, 4) is 0 Å². The zero-order valence-corrected chi connectivity index (χ0v) is 14.2. The predicted molar refractivity (Wildman–Crippen MR) is 96.5 cm³/mol. The summed E-state index contributed by atoms with van der Waals surface area (Å²) in [5.74, 6) is 0. The molecule has 114 valence electrons. The van der Waals surface area contributed by atoms with E-state index in [4.69, 9.17) is 4.84 Å². The maximum Gasteiger partial charge on any atom is 0.0921 e. The standard InChI is InChI=1S/C20H16BrNO/c21-18-11-14-10-15-12-19(13-6-2-1-3-7-13)22(23-15)20(14)17-9-5-4-8-16(17)18/h1-9,11,15,19H,10,12H2/t15-,19-/m0/s1. The van der Waals surface area contributed by atoms with E-state index in [9.17, 15) is 0 Å². The Morgan fingerprint density at radius 2 is 1.70 bits per heavy atom. The monoisotopic (exact) mass is 365 g/mol. The molecular formula is C20H16BrNO. The van der Waals surface area contributed by atoms with Gasteiger partial charge in [-0.05, 0) is 22.6 Å². The van der Waals surface area contributed by atoms with E-state index >= 15 is 0 Å². The molecule has 3 heteroatoms. The highest BCUT2D eigenvalue weighted by Crippen LogP contribution is 2.48. The van der Waals surface area contributed by atoms with Crippen LogP contribution in [0, 0.1) is 0 Å². The third kappa shape index (κ3) is 2.03. The van der Waals surface area contributed by atoms with Gasteiger partial charge in [0.1, 0.15) is 0 Å². The van der Waals surface area contributed by atoms with Gasteiger partial charge in [0.2, 0.25) is 0 Å². The van der Waals surface area contributed by atoms with Gasteiger partial charge >= 0.3 is 0 Å². The van der Waals surface area contributed by atoms with Crippen LogP contribution in [0.25, 0.3) is 10.8 Å². The van der Waals surface area contributed by atoms with E-state index < -0.39 is 0 Å². The van der Waals surface area contributed by atoms with Gasteiger partial charge in [-0.1, -0.05) is 70.5 Å². The van der Waals surface area contributed by atoms with Crippen LogP contribution in [-0.2, 0) is 11.3 Å². The average Bonchev–Trinajstić information content (AvgIpc) is 2.93. The summed E-state index contributed by atoms with van der Waals surface area (Å²) in [7, 11) is 0. The van der Waals surface area contributed by atoms with Crippen LogP contribution >= 0.6 is 15.9 Å². The third-order valence-electron chi connectivity index (χ3n) is 4.93. The molecule has 0 N–H and O–H groups in total. The predicted octanol–water partition coefficient (Wildman–Crippen LogP) is 5.41. The molecule has 3 aromatic rings. The smallest absolute Gasteiger partial charge is 0.0921 e. The second-order valence-electron chi connectivity index (χ2n) is 6.33. The number of rotatable bonds is 1. The highest BCUT2D eigenvalue weighted by molar-refractivity contribution is 9.10. The van der Waals surface area contributed by atoms with Crippen LogP contribution < -0.4 is 5.06 Å². The van der Waals surface area contributed by atoms with Crippen molar-refractivity contribution in [2.45, 2.75) is 25.0 Å². The number of hydroxylamine groups is 1. The minimum Gasteiger partial charge on any atom is -0.269 e. The van der Waals surface area contributed by atoms with Crippen molar-refractivity contribution in [1.82, 2.24) is 0 Å². The quantitative estimate of drug-likeness (QED) is 0.571. The van der Waals surface area contributed by atoms with E-state index in [1.807, 2.05) is 0 Å². The molecule has 3 aromatic carbocycles. The molecule has 1 saturated heterocycles. The lowest BCUT2D eigenvalue weighted by Gasteiger charge is -2.31. The lowest BCUT2D eigenvalue weighted by Crippen LogP contribution is -2.27. The number of hydrogen-bond donors (Lipinski definition) is 0. The summed E-state index contributed by atoms with van der Waals surface area (Å²) in [6.45, 7) is 0. The van der Waals surface area contributed by atoms with Crippen LogP contribution in [0.15, 0.2) is 65.1 Å². The number of nitrogens with zero attached hydrogens (tertiary/aromatic N) is 1. The zero-order chi connectivity index (χ0) is 15.4. The van der Waals surface area contributed by atoms with Gasteiger partial charge in [-0.15, -0.1) is 0 Å².